The Balaban J connectivity index is 1.89. The van der Waals surface area contributed by atoms with E-state index < -0.39 is 5.82 Å². The molecule has 0 aliphatic heterocycles. The summed E-state index contributed by atoms with van der Waals surface area (Å²) in [5.74, 6) is 0.314. The van der Waals surface area contributed by atoms with Crippen molar-refractivity contribution in [2.24, 2.45) is 0 Å². The van der Waals surface area contributed by atoms with E-state index in [4.69, 9.17) is 4.74 Å². The highest BCUT2D eigenvalue weighted by Gasteiger charge is 2.24. The lowest BCUT2D eigenvalue weighted by molar-refractivity contribution is 0.111. The van der Waals surface area contributed by atoms with Gasteiger partial charge in [-0.15, -0.1) is 0 Å². The fraction of sp³-hybridized carbons (Fsp3) is 0.381. The molecule has 1 saturated carbocycles. The van der Waals surface area contributed by atoms with Gasteiger partial charge in [-0.3, -0.25) is 4.79 Å². The molecular weight excluding hydrogens is 303 g/mol. The molecule has 126 valence electrons. The molecule has 24 heavy (non-hydrogen) atoms. The molecule has 0 aromatic heterocycles. The Bertz CT molecular complexity index is 674. The molecule has 0 spiro atoms. The van der Waals surface area contributed by atoms with Crippen LogP contribution in [0.3, 0.4) is 0 Å². The van der Waals surface area contributed by atoms with Crippen molar-refractivity contribution >= 4 is 6.29 Å². The van der Waals surface area contributed by atoms with Gasteiger partial charge in [0.25, 0.3) is 0 Å². The smallest absolute Gasteiger partial charge is 0.153 e. The number of carbonyl (C=O) groups is 1. The summed E-state index contributed by atoms with van der Waals surface area (Å²) in [5.41, 5.74) is 1.77. The van der Waals surface area contributed by atoms with Gasteiger partial charge < -0.3 is 4.74 Å². The molecule has 0 N–H and O–H groups in total. The van der Waals surface area contributed by atoms with Gasteiger partial charge in [-0.2, -0.15) is 0 Å². The number of hydrogen-bond acceptors (Lipinski definition) is 2. The predicted molar refractivity (Wildman–Crippen MR) is 93.0 cm³/mol. The quantitative estimate of drug-likeness (QED) is 0.524. The maximum atomic E-state index is 14.9. The van der Waals surface area contributed by atoms with E-state index in [1.165, 1.54) is 18.9 Å². The second-order valence-corrected chi connectivity index (χ2v) is 6.46. The largest absolute Gasteiger partial charge is 0.489 e. The Morgan fingerprint density at radius 1 is 1.00 bits per heavy atom. The van der Waals surface area contributed by atoms with Gasteiger partial charge in [0.1, 0.15) is 18.2 Å². The van der Waals surface area contributed by atoms with Crippen molar-refractivity contribution in [3.8, 4) is 5.75 Å². The Morgan fingerprint density at radius 3 is 2.38 bits per heavy atom. The lowest BCUT2D eigenvalue weighted by Gasteiger charge is -2.20. The summed E-state index contributed by atoms with van der Waals surface area (Å²) in [6.45, 7) is 0.403. The van der Waals surface area contributed by atoms with Gasteiger partial charge >= 0.3 is 0 Å². The molecule has 1 fully saturated rings. The molecule has 2 aromatic rings. The van der Waals surface area contributed by atoms with Crippen LogP contribution in [0.1, 0.15) is 65.9 Å². The van der Waals surface area contributed by atoms with Crippen molar-refractivity contribution in [2.45, 2.75) is 51.0 Å². The fourth-order valence-corrected chi connectivity index (χ4v) is 3.49. The van der Waals surface area contributed by atoms with Crippen molar-refractivity contribution in [1.29, 1.82) is 0 Å². The minimum absolute atomic E-state index is 0.126. The molecule has 2 aromatic carbocycles. The van der Waals surface area contributed by atoms with Gasteiger partial charge in [-0.25, -0.2) is 4.39 Å². The Kier molecular flexibility index (Phi) is 5.63. The van der Waals surface area contributed by atoms with Crippen LogP contribution >= 0.6 is 0 Å². The Morgan fingerprint density at radius 2 is 1.71 bits per heavy atom. The molecule has 2 nitrogen and oxygen atoms in total. The standard InChI is InChI=1S/C21H23FO2/c22-21-18(14-23)12-13-19(24-15-16-8-4-3-5-9-16)20(21)17-10-6-1-2-7-11-17/h3-5,8-9,12-14,17H,1-2,6-7,10-11,15H2. The van der Waals surface area contributed by atoms with Crippen LogP contribution in [0.25, 0.3) is 0 Å². The maximum absolute atomic E-state index is 14.9. The van der Waals surface area contributed by atoms with Crippen LogP contribution in [0.15, 0.2) is 42.5 Å². The van der Waals surface area contributed by atoms with Crippen LogP contribution in [0.4, 0.5) is 4.39 Å². The molecule has 0 amide bonds. The van der Waals surface area contributed by atoms with E-state index in [9.17, 15) is 9.18 Å². The molecule has 1 aliphatic carbocycles. The number of rotatable bonds is 5. The van der Waals surface area contributed by atoms with E-state index in [1.807, 2.05) is 30.3 Å². The zero-order valence-electron chi connectivity index (χ0n) is 13.8. The minimum Gasteiger partial charge on any atom is -0.489 e. The molecule has 0 atom stereocenters. The van der Waals surface area contributed by atoms with Gasteiger partial charge in [-0.05, 0) is 36.5 Å². The molecule has 0 radical (unpaired) electrons. The SMILES string of the molecule is O=Cc1ccc(OCc2ccccc2)c(C2CCCCCC2)c1F. The molecular formula is C21H23FO2. The Hall–Kier alpha value is -2.16. The van der Waals surface area contributed by atoms with Crippen LogP contribution in [-0.2, 0) is 6.61 Å². The number of ether oxygens (including phenoxy) is 1. The van der Waals surface area contributed by atoms with Crippen LogP contribution in [0.5, 0.6) is 5.75 Å². The normalized spacial score (nSPS) is 15.7. The molecule has 0 heterocycles. The average Bonchev–Trinajstić information content (AvgIpc) is 2.90. The van der Waals surface area contributed by atoms with Crippen molar-refractivity contribution in [3.63, 3.8) is 0 Å². The first-order valence-electron chi connectivity index (χ1n) is 8.74. The molecule has 3 heteroatoms. The van der Waals surface area contributed by atoms with Crippen LogP contribution in [0.2, 0.25) is 0 Å². The number of carbonyl (C=O) groups excluding carboxylic acids is 1. The summed E-state index contributed by atoms with van der Waals surface area (Å²) in [6, 6.07) is 13.1. The van der Waals surface area contributed by atoms with Crippen molar-refractivity contribution in [1.82, 2.24) is 0 Å². The number of hydrogen-bond donors (Lipinski definition) is 0. The van der Waals surface area contributed by atoms with Gasteiger partial charge in [-0.1, -0.05) is 56.0 Å². The minimum atomic E-state index is -0.400. The molecule has 3 rings (SSSR count). The summed E-state index contributed by atoms with van der Waals surface area (Å²) < 4.78 is 20.8. The third kappa shape index (κ3) is 3.84. The number of halogens is 1. The van der Waals surface area contributed by atoms with E-state index in [2.05, 4.69) is 0 Å². The predicted octanol–water partition coefficient (Wildman–Crippen LogP) is 5.66. The zero-order valence-corrected chi connectivity index (χ0v) is 13.8. The summed E-state index contributed by atoms with van der Waals surface area (Å²) >= 11 is 0. The molecule has 0 bridgehead atoms. The number of aldehydes is 1. The average molecular weight is 326 g/mol. The monoisotopic (exact) mass is 326 g/mol. The summed E-state index contributed by atoms with van der Waals surface area (Å²) in [6.07, 6.45) is 7.12. The van der Waals surface area contributed by atoms with Gasteiger partial charge in [0.2, 0.25) is 0 Å². The third-order valence-corrected chi connectivity index (χ3v) is 4.80. The van der Waals surface area contributed by atoms with E-state index in [0.717, 1.165) is 31.2 Å². The van der Waals surface area contributed by atoms with E-state index >= 15 is 0 Å². The van der Waals surface area contributed by atoms with Crippen molar-refractivity contribution < 1.29 is 13.9 Å². The van der Waals surface area contributed by atoms with Crippen molar-refractivity contribution in [3.05, 3.63) is 65.0 Å². The highest BCUT2D eigenvalue weighted by molar-refractivity contribution is 5.76. The van der Waals surface area contributed by atoms with Crippen LogP contribution < -0.4 is 4.74 Å². The Labute approximate surface area is 142 Å². The lowest BCUT2D eigenvalue weighted by atomic mass is 9.89. The lowest BCUT2D eigenvalue weighted by Crippen LogP contribution is -2.08. The van der Waals surface area contributed by atoms with E-state index in [-0.39, 0.29) is 11.5 Å². The van der Waals surface area contributed by atoms with Crippen LogP contribution in [-0.4, -0.2) is 6.29 Å². The first kappa shape index (κ1) is 16.7. The second-order valence-electron chi connectivity index (χ2n) is 6.46. The third-order valence-electron chi connectivity index (χ3n) is 4.80. The zero-order chi connectivity index (χ0) is 16.8. The molecule has 0 saturated heterocycles. The van der Waals surface area contributed by atoms with Gasteiger partial charge in [0.05, 0.1) is 5.56 Å². The molecule has 1 aliphatic rings. The van der Waals surface area contributed by atoms with Crippen LogP contribution in [0, 0.1) is 5.82 Å². The number of benzene rings is 2. The topological polar surface area (TPSA) is 26.3 Å². The maximum Gasteiger partial charge on any atom is 0.153 e. The first-order valence-corrected chi connectivity index (χ1v) is 8.74. The summed E-state index contributed by atoms with van der Waals surface area (Å²) in [7, 11) is 0. The first-order chi connectivity index (χ1) is 11.8. The second kappa shape index (κ2) is 8.09. The van der Waals surface area contributed by atoms with Crippen molar-refractivity contribution in [2.75, 3.05) is 0 Å². The van der Waals surface area contributed by atoms with E-state index in [0.29, 0.717) is 24.2 Å². The molecule has 0 unspecified atom stereocenters. The van der Waals surface area contributed by atoms with Gasteiger partial charge in [0, 0.05) is 5.56 Å². The summed E-state index contributed by atoms with van der Waals surface area (Å²) in [5, 5.41) is 0. The fourth-order valence-electron chi connectivity index (χ4n) is 3.49. The van der Waals surface area contributed by atoms with Gasteiger partial charge in [0.15, 0.2) is 6.29 Å². The van der Waals surface area contributed by atoms with E-state index in [1.54, 1.807) is 6.07 Å². The summed E-state index contributed by atoms with van der Waals surface area (Å²) in [4.78, 5) is 11.1. The highest BCUT2D eigenvalue weighted by atomic mass is 19.1. The highest BCUT2D eigenvalue weighted by Crippen LogP contribution is 2.39.